The number of benzene rings is 1. The lowest BCUT2D eigenvalue weighted by Crippen LogP contribution is -2.17. The SMILES string of the molecule is COc1ccc(CS(=O)(=O)CC(=O)O)c(OC)c1OC. The molecule has 0 atom stereocenters. The van der Waals surface area contributed by atoms with E-state index in [4.69, 9.17) is 19.3 Å². The summed E-state index contributed by atoms with van der Waals surface area (Å²) < 4.78 is 38.8. The number of methoxy groups -OCH3 is 3. The van der Waals surface area contributed by atoms with Gasteiger partial charge in [-0.1, -0.05) is 6.07 Å². The van der Waals surface area contributed by atoms with Crippen LogP contribution < -0.4 is 14.2 Å². The Morgan fingerprint density at radius 3 is 2.15 bits per heavy atom. The normalized spacial score (nSPS) is 10.9. The summed E-state index contributed by atoms with van der Waals surface area (Å²) in [4.78, 5) is 10.5. The second kappa shape index (κ2) is 6.47. The number of rotatable bonds is 7. The molecule has 0 amide bonds. The molecule has 8 heteroatoms. The minimum absolute atomic E-state index is 0.209. The second-order valence-electron chi connectivity index (χ2n) is 3.92. The van der Waals surface area contributed by atoms with Crippen molar-refractivity contribution >= 4 is 15.8 Å². The number of ether oxygens (including phenoxy) is 3. The number of carbonyl (C=O) groups is 1. The molecule has 1 aromatic rings. The van der Waals surface area contributed by atoms with E-state index in [0.717, 1.165) is 0 Å². The summed E-state index contributed by atoms with van der Waals surface area (Å²) in [6, 6.07) is 3.03. The van der Waals surface area contributed by atoms with E-state index in [9.17, 15) is 13.2 Å². The molecular weight excluding hydrogens is 288 g/mol. The van der Waals surface area contributed by atoms with E-state index in [2.05, 4.69) is 0 Å². The van der Waals surface area contributed by atoms with Crippen LogP contribution in [0.25, 0.3) is 0 Å². The summed E-state index contributed by atoms with van der Waals surface area (Å²) in [5.41, 5.74) is 0.311. The first-order valence-electron chi connectivity index (χ1n) is 5.54. The van der Waals surface area contributed by atoms with Gasteiger partial charge in [-0.25, -0.2) is 8.42 Å². The summed E-state index contributed by atoms with van der Waals surface area (Å²) in [7, 11) is 0.420. The number of hydrogen-bond acceptors (Lipinski definition) is 6. The zero-order chi connectivity index (χ0) is 15.3. The fourth-order valence-electron chi connectivity index (χ4n) is 1.75. The van der Waals surface area contributed by atoms with Gasteiger partial charge in [-0.3, -0.25) is 4.79 Å². The van der Waals surface area contributed by atoms with Crippen LogP contribution in [0.5, 0.6) is 17.2 Å². The van der Waals surface area contributed by atoms with Crippen molar-refractivity contribution in [3.63, 3.8) is 0 Å². The van der Waals surface area contributed by atoms with Gasteiger partial charge in [0.25, 0.3) is 0 Å². The molecule has 1 N–H and O–H groups in total. The Hall–Kier alpha value is -1.96. The summed E-state index contributed by atoms with van der Waals surface area (Å²) >= 11 is 0. The first-order chi connectivity index (χ1) is 9.34. The molecule has 0 aliphatic carbocycles. The van der Waals surface area contributed by atoms with Crippen molar-refractivity contribution in [1.29, 1.82) is 0 Å². The van der Waals surface area contributed by atoms with Gasteiger partial charge in [0.05, 0.1) is 27.1 Å². The second-order valence-corrected chi connectivity index (χ2v) is 5.98. The maximum absolute atomic E-state index is 11.7. The fraction of sp³-hybridized carbons (Fsp3) is 0.417. The molecule has 0 radical (unpaired) electrons. The molecule has 0 aromatic heterocycles. The zero-order valence-corrected chi connectivity index (χ0v) is 12.2. The molecule has 0 aliphatic heterocycles. The highest BCUT2D eigenvalue weighted by Gasteiger charge is 2.22. The fourth-order valence-corrected chi connectivity index (χ4v) is 2.93. The van der Waals surface area contributed by atoms with Gasteiger partial charge in [0.15, 0.2) is 21.3 Å². The van der Waals surface area contributed by atoms with Crippen molar-refractivity contribution in [2.45, 2.75) is 5.75 Å². The summed E-state index contributed by atoms with van der Waals surface area (Å²) in [5, 5.41) is 8.58. The van der Waals surface area contributed by atoms with Crippen LogP contribution in [0.15, 0.2) is 12.1 Å². The third-order valence-corrected chi connectivity index (χ3v) is 3.94. The van der Waals surface area contributed by atoms with Gasteiger partial charge < -0.3 is 19.3 Å². The predicted octanol–water partition coefficient (Wildman–Crippen LogP) is 0.712. The summed E-state index contributed by atoms with van der Waals surface area (Å²) in [6.07, 6.45) is 0. The Bertz CT molecular complexity index is 592. The van der Waals surface area contributed by atoms with Crippen LogP contribution in [-0.2, 0) is 20.4 Å². The standard InChI is InChI=1S/C12H16O7S/c1-17-9-5-4-8(11(18-2)12(9)19-3)6-20(15,16)7-10(13)14/h4-5H,6-7H2,1-3H3,(H,13,14). The van der Waals surface area contributed by atoms with Crippen molar-refractivity contribution in [2.75, 3.05) is 27.1 Å². The molecule has 0 bridgehead atoms. The van der Waals surface area contributed by atoms with E-state index in [1.807, 2.05) is 0 Å². The van der Waals surface area contributed by atoms with Crippen molar-refractivity contribution < 1.29 is 32.5 Å². The van der Waals surface area contributed by atoms with Crippen molar-refractivity contribution in [3.05, 3.63) is 17.7 Å². The Morgan fingerprint density at radius 2 is 1.70 bits per heavy atom. The zero-order valence-electron chi connectivity index (χ0n) is 11.4. The molecule has 112 valence electrons. The highest BCUT2D eigenvalue weighted by atomic mass is 32.2. The first kappa shape index (κ1) is 16.1. The Balaban J connectivity index is 3.23. The maximum atomic E-state index is 11.7. The van der Waals surface area contributed by atoms with Gasteiger partial charge >= 0.3 is 5.97 Å². The molecule has 0 saturated heterocycles. The first-order valence-corrected chi connectivity index (χ1v) is 7.36. The van der Waals surface area contributed by atoms with E-state index >= 15 is 0 Å². The van der Waals surface area contributed by atoms with Crippen molar-refractivity contribution in [3.8, 4) is 17.2 Å². The minimum Gasteiger partial charge on any atom is -0.493 e. The number of carboxylic acid groups (broad SMARTS) is 1. The molecule has 0 heterocycles. The van der Waals surface area contributed by atoms with Gasteiger partial charge in [-0.15, -0.1) is 0 Å². The van der Waals surface area contributed by atoms with E-state index in [1.165, 1.54) is 33.5 Å². The van der Waals surface area contributed by atoms with Gasteiger partial charge in [-0.2, -0.15) is 0 Å². The third kappa shape index (κ3) is 3.77. The highest BCUT2D eigenvalue weighted by molar-refractivity contribution is 7.91. The third-order valence-electron chi connectivity index (χ3n) is 2.50. The van der Waals surface area contributed by atoms with Crippen LogP contribution >= 0.6 is 0 Å². The lowest BCUT2D eigenvalue weighted by Gasteiger charge is -2.15. The van der Waals surface area contributed by atoms with Crippen molar-refractivity contribution in [1.82, 2.24) is 0 Å². The summed E-state index contributed by atoms with van der Waals surface area (Å²) in [6.45, 7) is 0. The topological polar surface area (TPSA) is 99.1 Å². The number of hydrogen-bond donors (Lipinski definition) is 1. The van der Waals surface area contributed by atoms with Crippen LogP contribution in [-0.4, -0.2) is 46.6 Å². The van der Waals surface area contributed by atoms with Crippen LogP contribution in [0.1, 0.15) is 5.56 Å². The number of aliphatic carboxylic acids is 1. The molecule has 0 unspecified atom stereocenters. The lowest BCUT2D eigenvalue weighted by atomic mass is 10.2. The van der Waals surface area contributed by atoms with E-state index in [-0.39, 0.29) is 11.5 Å². The molecule has 20 heavy (non-hydrogen) atoms. The van der Waals surface area contributed by atoms with Crippen LogP contribution in [0.4, 0.5) is 0 Å². The number of carboxylic acids is 1. The average Bonchev–Trinajstić information content (AvgIpc) is 2.35. The van der Waals surface area contributed by atoms with E-state index in [1.54, 1.807) is 0 Å². The molecule has 0 saturated carbocycles. The van der Waals surface area contributed by atoms with Crippen LogP contribution in [0, 0.1) is 0 Å². The van der Waals surface area contributed by atoms with E-state index < -0.39 is 27.3 Å². The molecule has 1 aromatic carbocycles. The maximum Gasteiger partial charge on any atom is 0.318 e. The van der Waals surface area contributed by atoms with E-state index in [0.29, 0.717) is 11.3 Å². The van der Waals surface area contributed by atoms with Crippen LogP contribution in [0.2, 0.25) is 0 Å². The summed E-state index contributed by atoms with van der Waals surface area (Å²) in [5.74, 6) is -1.93. The highest BCUT2D eigenvalue weighted by Crippen LogP contribution is 2.40. The Morgan fingerprint density at radius 1 is 1.10 bits per heavy atom. The smallest absolute Gasteiger partial charge is 0.318 e. The average molecular weight is 304 g/mol. The molecule has 0 fully saturated rings. The van der Waals surface area contributed by atoms with Crippen molar-refractivity contribution in [2.24, 2.45) is 0 Å². The molecule has 0 spiro atoms. The monoisotopic (exact) mass is 304 g/mol. The number of sulfone groups is 1. The molecule has 1 rings (SSSR count). The molecular formula is C12H16O7S. The van der Waals surface area contributed by atoms with Crippen LogP contribution in [0.3, 0.4) is 0 Å². The van der Waals surface area contributed by atoms with Gasteiger partial charge in [0.2, 0.25) is 5.75 Å². The minimum atomic E-state index is -3.79. The lowest BCUT2D eigenvalue weighted by molar-refractivity contribution is -0.134. The van der Waals surface area contributed by atoms with Gasteiger partial charge in [0.1, 0.15) is 5.75 Å². The van der Waals surface area contributed by atoms with Gasteiger partial charge in [0, 0.05) is 5.56 Å². The largest absolute Gasteiger partial charge is 0.493 e. The molecule has 7 nitrogen and oxygen atoms in total. The Labute approximate surface area is 117 Å². The Kier molecular flexibility index (Phi) is 5.20. The predicted molar refractivity (Wildman–Crippen MR) is 71.2 cm³/mol. The van der Waals surface area contributed by atoms with Gasteiger partial charge in [-0.05, 0) is 6.07 Å². The molecule has 0 aliphatic rings. The quantitative estimate of drug-likeness (QED) is 0.792.